The van der Waals surface area contributed by atoms with E-state index in [1.54, 1.807) is 37.6 Å². The zero-order valence-corrected chi connectivity index (χ0v) is 18.1. The molecule has 0 radical (unpaired) electrons. The van der Waals surface area contributed by atoms with Crippen molar-refractivity contribution >= 4 is 40.2 Å². The zero-order chi connectivity index (χ0) is 22.1. The van der Waals surface area contributed by atoms with Crippen LogP contribution in [0.3, 0.4) is 0 Å². The number of nitrogens with zero attached hydrogens (tertiary/aromatic N) is 3. The maximum atomic E-state index is 11.5. The lowest BCUT2D eigenvalue weighted by molar-refractivity contribution is 0.0996. The van der Waals surface area contributed by atoms with Crippen LogP contribution in [0.1, 0.15) is 41.9 Å². The number of carbonyl (C=O) groups is 1. The molecule has 0 fully saturated rings. The van der Waals surface area contributed by atoms with Gasteiger partial charge in [0.2, 0.25) is 5.89 Å². The lowest BCUT2D eigenvalue weighted by Crippen LogP contribution is -2.14. The highest BCUT2D eigenvalue weighted by Crippen LogP contribution is 2.34. The molecule has 0 spiro atoms. The number of aromatic nitrogens is 3. The fourth-order valence-electron chi connectivity index (χ4n) is 3.49. The van der Waals surface area contributed by atoms with Gasteiger partial charge in [-0.05, 0) is 44.0 Å². The summed E-state index contributed by atoms with van der Waals surface area (Å²) in [7, 11) is 0. The van der Waals surface area contributed by atoms with Crippen molar-refractivity contribution in [2.24, 2.45) is 5.73 Å². The lowest BCUT2D eigenvalue weighted by Gasteiger charge is -2.20. The van der Waals surface area contributed by atoms with E-state index in [9.17, 15) is 9.90 Å². The predicted octanol–water partition coefficient (Wildman–Crippen LogP) is 4.85. The van der Waals surface area contributed by atoms with Crippen LogP contribution >= 0.6 is 23.2 Å². The summed E-state index contributed by atoms with van der Waals surface area (Å²) < 4.78 is 7.79. The molecule has 4 aromatic rings. The van der Waals surface area contributed by atoms with E-state index in [1.807, 2.05) is 22.8 Å². The number of halogens is 2. The van der Waals surface area contributed by atoms with Crippen LogP contribution in [0.4, 0.5) is 0 Å². The number of nitrogens with two attached hydrogens (primary N) is 1. The Bertz CT molecular complexity index is 1250. The van der Waals surface area contributed by atoms with Crippen LogP contribution < -0.4 is 5.73 Å². The first kappa shape index (κ1) is 21.4. The van der Waals surface area contributed by atoms with Crippen molar-refractivity contribution in [2.75, 3.05) is 0 Å². The van der Waals surface area contributed by atoms with Gasteiger partial charge in [-0.15, -0.1) is 0 Å². The molecule has 9 heteroatoms. The molecule has 2 aromatic heterocycles. The molecule has 2 aromatic carbocycles. The summed E-state index contributed by atoms with van der Waals surface area (Å²) in [5.74, 6) is -0.187. The second kappa shape index (κ2) is 8.70. The fourth-order valence-corrected chi connectivity index (χ4v) is 3.79. The Morgan fingerprint density at radius 1 is 1.23 bits per heavy atom. The maximum absolute atomic E-state index is 11.5. The van der Waals surface area contributed by atoms with E-state index >= 15 is 0 Å². The van der Waals surface area contributed by atoms with Gasteiger partial charge in [-0.25, -0.2) is 9.97 Å². The number of amides is 1. The van der Waals surface area contributed by atoms with Crippen LogP contribution in [-0.2, 0) is 0 Å². The molecule has 2 atom stereocenters. The van der Waals surface area contributed by atoms with Crippen LogP contribution in [0.15, 0.2) is 53.3 Å². The largest absolute Gasteiger partial charge is 0.436 e. The minimum absolute atomic E-state index is 0.172. The number of hydrogen-bond acceptors (Lipinski definition) is 5. The maximum Gasteiger partial charge on any atom is 0.268 e. The molecule has 0 aliphatic heterocycles. The van der Waals surface area contributed by atoms with Crippen LogP contribution in [-0.4, -0.2) is 31.7 Å². The molecule has 0 saturated carbocycles. The Balaban J connectivity index is 1.80. The molecule has 2 heterocycles. The number of carbonyl (C=O) groups excluding carboxylic acids is 1. The van der Waals surface area contributed by atoms with E-state index in [2.05, 4.69) is 4.98 Å². The highest BCUT2D eigenvalue weighted by atomic mass is 35.5. The van der Waals surface area contributed by atoms with Crippen molar-refractivity contribution in [3.63, 3.8) is 0 Å². The Hall–Kier alpha value is -2.87. The molecule has 31 heavy (non-hydrogen) atoms. The Morgan fingerprint density at radius 3 is 2.71 bits per heavy atom. The Labute approximate surface area is 188 Å². The normalized spacial score (nSPS) is 13.4. The third kappa shape index (κ3) is 4.44. The van der Waals surface area contributed by atoms with Crippen molar-refractivity contribution in [3.05, 3.63) is 70.2 Å². The number of rotatable bonds is 7. The minimum Gasteiger partial charge on any atom is -0.436 e. The highest BCUT2D eigenvalue weighted by molar-refractivity contribution is 6.42. The monoisotopic (exact) mass is 458 g/mol. The SMILES string of the molecule is C[C@H](O)CCC(c1cccc2oc(-c3ccc(Cl)c(Cl)c3)nc12)n1cnc(C(N)=O)c1. The Morgan fingerprint density at radius 2 is 2.03 bits per heavy atom. The van der Waals surface area contributed by atoms with Gasteiger partial charge in [-0.3, -0.25) is 4.79 Å². The van der Waals surface area contributed by atoms with E-state index in [-0.39, 0.29) is 11.7 Å². The minimum atomic E-state index is -0.602. The second-order valence-corrected chi connectivity index (χ2v) is 8.17. The van der Waals surface area contributed by atoms with Gasteiger partial charge in [0, 0.05) is 17.3 Å². The van der Waals surface area contributed by atoms with Gasteiger partial charge in [0.25, 0.3) is 5.91 Å². The molecule has 1 unspecified atom stereocenters. The molecular weight excluding hydrogens is 439 g/mol. The van der Waals surface area contributed by atoms with E-state index in [1.165, 1.54) is 0 Å². The molecular formula is C22H20Cl2N4O3. The van der Waals surface area contributed by atoms with E-state index in [0.29, 0.717) is 45.4 Å². The summed E-state index contributed by atoms with van der Waals surface area (Å²) in [5, 5.41) is 10.7. The molecule has 0 aliphatic rings. The van der Waals surface area contributed by atoms with Crippen LogP contribution in [0.25, 0.3) is 22.6 Å². The molecule has 7 nitrogen and oxygen atoms in total. The lowest BCUT2D eigenvalue weighted by atomic mass is 9.99. The quantitative estimate of drug-likeness (QED) is 0.411. The molecule has 4 rings (SSSR count). The third-order valence-corrected chi connectivity index (χ3v) is 5.79. The van der Waals surface area contributed by atoms with Crippen LogP contribution in [0.2, 0.25) is 10.0 Å². The number of primary amides is 1. The molecule has 1 amide bonds. The van der Waals surface area contributed by atoms with Gasteiger partial charge in [0.15, 0.2) is 5.58 Å². The van der Waals surface area contributed by atoms with Crippen molar-refractivity contribution in [3.8, 4) is 11.5 Å². The average Bonchev–Trinajstić information content (AvgIpc) is 3.38. The number of aliphatic hydroxyl groups excluding tert-OH is 1. The molecule has 0 aliphatic carbocycles. The number of oxazole rings is 1. The third-order valence-electron chi connectivity index (χ3n) is 5.05. The summed E-state index contributed by atoms with van der Waals surface area (Å²) >= 11 is 12.2. The first-order chi connectivity index (χ1) is 14.8. The zero-order valence-electron chi connectivity index (χ0n) is 16.6. The summed E-state index contributed by atoms with van der Waals surface area (Å²) in [6, 6.07) is 10.6. The van der Waals surface area contributed by atoms with Crippen LogP contribution in [0.5, 0.6) is 0 Å². The van der Waals surface area contributed by atoms with Crippen LogP contribution in [0, 0.1) is 0 Å². The standard InChI is InChI=1S/C22H20Cl2N4O3/c1-12(29)5-8-18(28-10-17(21(25)30)26-11-28)14-3-2-4-19-20(14)27-22(31-19)13-6-7-15(23)16(24)9-13/h2-4,6-7,9-12,18,29H,5,8H2,1H3,(H2,25,30)/t12-,18?/m0/s1. The van der Waals surface area contributed by atoms with Crippen molar-refractivity contribution in [2.45, 2.75) is 31.9 Å². The van der Waals surface area contributed by atoms with Crippen molar-refractivity contribution < 1.29 is 14.3 Å². The van der Waals surface area contributed by atoms with E-state index < -0.39 is 12.0 Å². The smallest absolute Gasteiger partial charge is 0.268 e. The predicted molar refractivity (Wildman–Crippen MR) is 119 cm³/mol. The number of benzene rings is 2. The van der Waals surface area contributed by atoms with Gasteiger partial charge >= 0.3 is 0 Å². The number of hydrogen-bond donors (Lipinski definition) is 2. The molecule has 3 N–H and O–H groups in total. The first-order valence-electron chi connectivity index (χ1n) is 9.69. The van der Waals surface area contributed by atoms with Gasteiger partial charge in [0.1, 0.15) is 11.2 Å². The number of fused-ring (bicyclic) bond motifs is 1. The number of imidazole rings is 1. The summed E-state index contributed by atoms with van der Waals surface area (Å²) in [5.41, 5.74) is 8.40. The first-order valence-corrected chi connectivity index (χ1v) is 10.5. The van der Waals surface area contributed by atoms with Gasteiger partial charge < -0.3 is 19.8 Å². The molecule has 0 bridgehead atoms. The summed E-state index contributed by atoms with van der Waals surface area (Å²) in [4.78, 5) is 20.3. The highest BCUT2D eigenvalue weighted by Gasteiger charge is 2.22. The number of aliphatic hydroxyl groups is 1. The van der Waals surface area contributed by atoms with E-state index in [0.717, 1.165) is 5.56 Å². The topological polar surface area (TPSA) is 107 Å². The van der Waals surface area contributed by atoms with E-state index in [4.69, 9.17) is 38.3 Å². The van der Waals surface area contributed by atoms with Crippen molar-refractivity contribution in [1.82, 2.24) is 14.5 Å². The summed E-state index contributed by atoms with van der Waals surface area (Å²) in [6.45, 7) is 1.73. The van der Waals surface area contributed by atoms with Gasteiger partial charge in [-0.2, -0.15) is 0 Å². The van der Waals surface area contributed by atoms with Gasteiger partial charge in [0.05, 0.1) is 28.5 Å². The fraction of sp³-hybridized carbons (Fsp3) is 0.227. The summed E-state index contributed by atoms with van der Waals surface area (Å²) in [6.07, 6.45) is 3.83. The Kier molecular flexibility index (Phi) is 6.00. The second-order valence-electron chi connectivity index (χ2n) is 7.35. The van der Waals surface area contributed by atoms with Crippen molar-refractivity contribution in [1.29, 1.82) is 0 Å². The molecule has 160 valence electrons. The average molecular weight is 459 g/mol. The van der Waals surface area contributed by atoms with Gasteiger partial charge in [-0.1, -0.05) is 35.3 Å². The molecule has 0 saturated heterocycles. The number of para-hydroxylation sites is 1.